The molecule has 8 heteroatoms. The van der Waals surface area contributed by atoms with Gasteiger partial charge < -0.3 is 15.3 Å². The van der Waals surface area contributed by atoms with E-state index < -0.39 is 5.60 Å². The van der Waals surface area contributed by atoms with Crippen LogP contribution in [0, 0.1) is 19.8 Å². The van der Waals surface area contributed by atoms with E-state index in [1.165, 1.54) is 0 Å². The number of nitrogens with zero attached hydrogens (tertiary/aromatic N) is 4. The number of rotatable bonds is 5. The summed E-state index contributed by atoms with van der Waals surface area (Å²) < 4.78 is 0. The number of para-hydroxylation sites is 1. The van der Waals surface area contributed by atoms with Gasteiger partial charge in [0.05, 0.1) is 0 Å². The van der Waals surface area contributed by atoms with E-state index in [1.807, 2.05) is 111 Å². The Morgan fingerprint density at radius 2 is 1.32 bits per heavy atom. The number of thiocarbonyl (C=S) groups is 1. The van der Waals surface area contributed by atoms with Gasteiger partial charge in [-0.25, -0.2) is 9.97 Å². The molecule has 7 nitrogen and oxygen atoms in total. The lowest BCUT2D eigenvalue weighted by molar-refractivity contribution is -0.00653. The number of anilines is 2. The van der Waals surface area contributed by atoms with E-state index in [2.05, 4.69) is 25.5 Å². The number of benzene rings is 3. The molecule has 4 aromatic rings. The summed E-state index contributed by atoms with van der Waals surface area (Å²) in [5.74, 6) is 1.08. The predicted octanol–water partition coefficient (Wildman–Crippen LogP) is 5.91. The Hall–Kier alpha value is -4.14. The highest BCUT2D eigenvalue weighted by Gasteiger charge is 2.42. The zero-order valence-electron chi connectivity index (χ0n) is 22.8. The van der Waals surface area contributed by atoms with Crippen molar-refractivity contribution in [3.05, 3.63) is 120 Å². The van der Waals surface area contributed by atoms with Gasteiger partial charge in [0.15, 0.2) is 0 Å². The second kappa shape index (κ2) is 12.4. The first-order valence-electron chi connectivity index (χ1n) is 13.5. The van der Waals surface area contributed by atoms with Crippen molar-refractivity contribution >= 4 is 34.9 Å². The SMILES string of the molecule is Cc1cc(C)nc(N/C(=N/C(=S)Nc2ccccc2)N2CCC(C(O)(c3ccccc3)c3ccccc3)CC2)n1. The van der Waals surface area contributed by atoms with Gasteiger partial charge in [-0.2, -0.15) is 4.99 Å². The minimum atomic E-state index is -1.10. The van der Waals surface area contributed by atoms with Crippen molar-refractivity contribution in [2.24, 2.45) is 10.9 Å². The van der Waals surface area contributed by atoms with Crippen LogP contribution in [-0.2, 0) is 5.60 Å². The zero-order chi connectivity index (χ0) is 28.0. The van der Waals surface area contributed by atoms with Gasteiger partial charge in [0.2, 0.25) is 17.0 Å². The van der Waals surface area contributed by atoms with Gasteiger partial charge in [-0.3, -0.25) is 5.32 Å². The number of hydrogen-bond donors (Lipinski definition) is 3. The number of aromatic nitrogens is 2. The molecule has 0 saturated carbocycles. The molecule has 0 spiro atoms. The molecule has 204 valence electrons. The van der Waals surface area contributed by atoms with Gasteiger partial charge in [0.25, 0.3) is 0 Å². The smallest absolute Gasteiger partial charge is 0.229 e. The van der Waals surface area contributed by atoms with Crippen molar-refractivity contribution in [3.8, 4) is 0 Å². The molecule has 3 N–H and O–H groups in total. The molecule has 1 aromatic heterocycles. The highest BCUT2D eigenvalue weighted by atomic mass is 32.1. The van der Waals surface area contributed by atoms with E-state index in [1.54, 1.807) is 0 Å². The second-order valence-corrected chi connectivity index (χ2v) is 10.5. The minimum Gasteiger partial charge on any atom is -0.380 e. The maximum atomic E-state index is 12.3. The largest absolute Gasteiger partial charge is 0.380 e. The lowest BCUT2D eigenvalue weighted by Gasteiger charge is -2.43. The van der Waals surface area contributed by atoms with Gasteiger partial charge in [0.1, 0.15) is 5.60 Å². The Morgan fingerprint density at radius 3 is 1.85 bits per heavy atom. The summed E-state index contributed by atoms with van der Waals surface area (Å²) in [6.45, 7) is 5.24. The number of nitrogens with one attached hydrogen (secondary N) is 2. The van der Waals surface area contributed by atoms with E-state index in [4.69, 9.17) is 17.2 Å². The molecule has 0 aliphatic carbocycles. The van der Waals surface area contributed by atoms with Gasteiger partial charge in [-0.15, -0.1) is 0 Å². The number of guanidine groups is 1. The second-order valence-electron chi connectivity index (χ2n) is 10.1. The number of piperidine rings is 1. The normalized spacial score (nSPS) is 14.6. The minimum absolute atomic E-state index is 0.0154. The van der Waals surface area contributed by atoms with Gasteiger partial charge in [-0.05, 0) is 74.2 Å². The molecular weight excluding hydrogens is 516 g/mol. The van der Waals surface area contributed by atoms with Crippen LogP contribution in [0.2, 0.25) is 0 Å². The summed E-state index contributed by atoms with van der Waals surface area (Å²) >= 11 is 5.61. The molecule has 0 unspecified atom stereocenters. The van der Waals surface area contributed by atoms with Crippen LogP contribution < -0.4 is 10.6 Å². The Morgan fingerprint density at radius 1 is 0.825 bits per heavy atom. The van der Waals surface area contributed by atoms with E-state index in [9.17, 15) is 5.11 Å². The molecule has 2 heterocycles. The third kappa shape index (κ3) is 6.35. The van der Waals surface area contributed by atoms with E-state index >= 15 is 0 Å². The molecule has 3 aromatic carbocycles. The standard InChI is InChI=1S/C32H34N6OS/c1-23-22-24(2)34-29(33-23)36-30(37-31(40)35-28-16-10-5-11-17-28)38-20-18-27(19-21-38)32(39,25-12-6-3-7-13-25)26-14-8-4-9-15-26/h3-17,22,27,39H,18-21H2,1-2H3,(H2,33,34,35,36,37,40). The number of aliphatic hydroxyl groups is 1. The van der Waals surface area contributed by atoms with E-state index in [-0.39, 0.29) is 5.92 Å². The highest BCUT2D eigenvalue weighted by Crippen LogP contribution is 2.42. The zero-order valence-corrected chi connectivity index (χ0v) is 23.6. The Kier molecular flexibility index (Phi) is 8.48. The molecule has 1 saturated heterocycles. The summed E-state index contributed by atoms with van der Waals surface area (Å²) in [5.41, 5.74) is 3.32. The van der Waals surface area contributed by atoms with Crippen molar-refractivity contribution in [3.63, 3.8) is 0 Å². The fourth-order valence-corrected chi connectivity index (χ4v) is 5.56. The molecule has 1 aliphatic rings. The van der Waals surface area contributed by atoms with Crippen LogP contribution in [0.1, 0.15) is 35.4 Å². The number of aliphatic imine (C=N–C) groups is 1. The van der Waals surface area contributed by atoms with Crippen molar-refractivity contribution in [1.82, 2.24) is 14.9 Å². The molecule has 1 fully saturated rings. The molecule has 0 atom stereocenters. The maximum Gasteiger partial charge on any atom is 0.229 e. The van der Waals surface area contributed by atoms with Crippen molar-refractivity contribution in [2.75, 3.05) is 23.7 Å². The first-order chi connectivity index (χ1) is 19.4. The monoisotopic (exact) mass is 550 g/mol. The third-order valence-corrected chi connectivity index (χ3v) is 7.44. The number of likely N-dealkylation sites (tertiary alicyclic amines) is 1. The van der Waals surface area contributed by atoms with Crippen LogP contribution in [-0.4, -0.2) is 44.1 Å². The van der Waals surface area contributed by atoms with E-state index in [0.29, 0.717) is 30.1 Å². The first-order valence-corrected chi connectivity index (χ1v) is 13.9. The quantitative estimate of drug-likeness (QED) is 0.162. The van der Waals surface area contributed by atoms with E-state index in [0.717, 1.165) is 41.0 Å². The lowest BCUT2D eigenvalue weighted by Crippen LogP contribution is -2.48. The molecule has 1 aliphatic heterocycles. The average molecular weight is 551 g/mol. The average Bonchev–Trinajstić information content (AvgIpc) is 2.97. The molecule has 40 heavy (non-hydrogen) atoms. The van der Waals surface area contributed by atoms with Gasteiger partial charge in [-0.1, -0.05) is 78.9 Å². The summed E-state index contributed by atoms with van der Waals surface area (Å²) in [5, 5.41) is 19.2. The van der Waals surface area contributed by atoms with Crippen LogP contribution in [0.15, 0.2) is 102 Å². The summed E-state index contributed by atoms with van der Waals surface area (Å²) in [6, 6.07) is 31.6. The first kappa shape index (κ1) is 27.4. The number of hydrogen-bond acceptors (Lipinski definition) is 4. The fourth-order valence-electron chi connectivity index (χ4n) is 5.36. The van der Waals surface area contributed by atoms with Crippen molar-refractivity contribution < 1.29 is 5.11 Å². The summed E-state index contributed by atoms with van der Waals surface area (Å²) in [6.07, 6.45) is 1.52. The molecular formula is C32H34N6OS. The predicted molar refractivity (Wildman–Crippen MR) is 165 cm³/mol. The van der Waals surface area contributed by atoms with Crippen LogP contribution >= 0.6 is 12.2 Å². The van der Waals surface area contributed by atoms with Gasteiger partial charge in [0, 0.05) is 30.2 Å². The van der Waals surface area contributed by atoms with Gasteiger partial charge >= 0.3 is 0 Å². The van der Waals surface area contributed by atoms with Crippen LogP contribution in [0.4, 0.5) is 11.6 Å². The van der Waals surface area contributed by atoms with Crippen LogP contribution in [0.25, 0.3) is 0 Å². The summed E-state index contributed by atoms with van der Waals surface area (Å²) in [7, 11) is 0. The topological polar surface area (TPSA) is 85.7 Å². The molecule has 0 amide bonds. The highest BCUT2D eigenvalue weighted by molar-refractivity contribution is 7.80. The van der Waals surface area contributed by atoms with Crippen molar-refractivity contribution in [1.29, 1.82) is 0 Å². The Bertz CT molecular complexity index is 1400. The van der Waals surface area contributed by atoms with Crippen molar-refractivity contribution in [2.45, 2.75) is 32.3 Å². The Labute approximate surface area is 241 Å². The summed E-state index contributed by atoms with van der Waals surface area (Å²) in [4.78, 5) is 16.0. The fraction of sp³-hybridized carbons (Fsp3) is 0.250. The molecule has 0 bridgehead atoms. The molecule has 0 radical (unpaired) electrons. The maximum absolute atomic E-state index is 12.3. The van der Waals surface area contributed by atoms with Crippen LogP contribution in [0.3, 0.4) is 0 Å². The van der Waals surface area contributed by atoms with Crippen LogP contribution in [0.5, 0.6) is 0 Å². The molecule has 5 rings (SSSR count). The Balaban J connectivity index is 1.40. The third-order valence-electron chi connectivity index (χ3n) is 7.25. The lowest BCUT2D eigenvalue weighted by atomic mass is 9.72. The number of aryl methyl sites for hydroxylation is 2.